The molecule has 0 saturated heterocycles. The van der Waals surface area contributed by atoms with E-state index in [4.69, 9.17) is 0 Å². The van der Waals surface area contributed by atoms with Gasteiger partial charge in [0.1, 0.15) is 11.6 Å². The zero-order chi connectivity index (χ0) is 15.6. The Morgan fingerprint density at radius 1 is 1.29 bits per heavy atom. The largest absolute Gasteiger partial charge is 0.310 e. The Morgan fingerprint density at radius 3 is 2.62 bits per heavy atom. The Morgan fingerprint density at radius 2 is 2.00 bits per heavy atom. The highest BCUT2D eigenvalue weighted by Gasteiger charge is 2.39. The van der Waals surface area contributed by atoms with Crippen molar-refractivity contribution >= 4 is 0 Å². The van der Waals surface area contributed by atoms with Gasteiger partial charge in [-0.1, -0.05) is 39.7 Å². The van der Waals surface area contributed by atoms with Gasteiger partial charge in [0, 0.05) is 11.6 Å². The van der Waals surface area contributed by atoms with E-state index in [9.17, 15) is 8.78 Å². The van der Waals surface area contributed by atoms with Gasteiger partial charge in [-0.2, -0.15) is 0 Å². The standard InChI is InChI=1S/C18H27F2N/c1-5-21-17(13-8-6-7-11-18(13,3)4)15-14(19)10-9-12(2)16(15)20/h9-10,13,17,21H,5-8,11H2,1-4H3. The maximum absolute atomic E-state index is 14.6. The highest BCUT2D eigenvalue weighted by molar-refractivity contribution is 5.30. The van der Waals surface area contributed by atoms with Crippen molar-refractivity contribution < 1.29 is 8.78 Å². The summed E-state index contributed by atoms with van der Waals surface area (Å²) in [6.07, 6.45) is 4.50. The van der Waals surface area contributed by atoms with Crippen LogP contribution in [0.3, 0.4) is 0 Å². The van der Waals surface area contributed by atoms with Gasteiger partial charge in [0.15, 0.2) is 0 Å². The lowest BCUT2D eigenvalue weighted by molar-refractivity contribution is 0.0959. The number of benzene rings is 1. The quantitative estimate of drug-likeness (QED) is 0.811. The molecule has 0 aromatic heterocycles. The molecule has 0 aliphatic heterocycles. The number of hydrogen-bond donors (Lipinski definition) is 1. The van der Waals surface area contributed by atoms with Gasteiger partial charge >= 0.3 is 0 Å². The van der Waals surface area contributed by atoms with Crippen LogP contribution in [0.2, 0.25) is 0 Å². The van der Waals surface area contributed by atoms with Gasteiger partial charge in [0.05, 0.1) is 0 Å². The molecule has 1 fully saturated rings. The molecular formula is C18H27F2N. The normalized spacial score (nSPS) is 23.0. The highest BCUT2D eigenvalue weighted by atomic mass is 19.1. The molecule has 0 bridgehead atoms. The van der Waals surface area contributed by atoms with Crippen molar-refractivity contribution in [2.75, 3.05) is 6.54 Å². The third-order valence-electron chi connectivity index (χ3n) is 5.05. The van der Waals surface area contributed by atoms with Crippen LogP contribution in [0.1, 0.15) is 63.6 Å². The van der Waals surface area contributed by atoms with Crippen LogP contribution in [-0.2, 0) is 0 Å². The van der Waals surface area contributed by atoms with Crippen molar-refractivity contribution in [2.45, 2.75) is 59.4 Å². The molecule has 1 aliphatic carbocycles. The van der Waals surface area contributed by atoms with Crippen LogP contribution in [-0.4, -0.2) is 6.54 Å². The molecule has 0 spiro atoms. The van der Waals surface area contributed by atoms with E-state index >= 15 is 0 Å². The summed E-state index contributed by atoms with van der Waals surface area (Å²) < 4.78 is 28.9. The fourth-order valence-electron chi connectivity index (χ4n) is 3.77. The first kappa shape index (κ1) is 16.4. The monoisotopic (exact) mass is 295 g/mol. The first-order valence-electron chi connectivity index (χ1n) is 8.06. The number of rotatable bonds is 4. The van der Waals surface area contributed by atoms with Crippen molar-refractivity contribution in [3.8, 4) is 0 Å². The number of nitrogens with one attached hydrogen (secondary N) is 1. The Balaban J connectivity index is 2.46. The SMILES string of the molecule is CCNC(c1c(F)ccc(C)c1F)C1CCCCC1(C)C. The topological polar surface area (TPSA) is 12.0 Å². The predicted molar refractivity (Wildman–Crippen MR) is 83.3 cm³/mol. The first-order chi connectivity index (χ1) is 9.88. The van der Waals surface area contributed by atoms with Crippen molar-refractivity contribution in [3.05, 3.63) is 34.9 Å². The average molecular weight is 295 g/mol. The van der Waals surface area contributed by atoms with Crippen LogP contribution in [0, 0.1) is 29.9 Å². The summed E-state index contributed by atoms with van der Waals surface area (Å²) in [5, 5.41) is 3.35. The van der Waals surface area contributed by atoms with Crippen molar-refractivity contribution in [3.63, 3.8) is 0 Å². The molecule has 0 heterocycles. The van der Waals surface area contributed by atoms with Crippen LogP contribution < -0.4 is 5.32 Å². The van der Waals surface area contributed by atoms with E-state index in [0.717, 1.165) is 19.3 Å². The lowest BCUT2D eigenvalue weighted by Crippen LogP contribution is -2.40. The Labute approximate surface area is 127 Å². The average Bonchev–Trinajstić information content (AvgIpc) is 2.42. The van der Waals surface area contributed by atoms with E-state index in [1.54, 1.807) is 6.92 Å². The smallest absolute Gasteiger partial charge is 0.133 e. The first-order valence-corrected chi connectivity index (χ1v) is 8.06. The zero-order valence-electron chi connectivity index (χ0n) is 13.6. The molecular weight excluding hydrogens is 268 g/mol. The Hall–Kier alpha value is -0.960. The van der Waals surface area contributed by atoms with Gasteiger partial charge in [-0.25, -0.2) is 8.78 Å². The van der Waals surface area contributed by atoms with Crippen LogP contribution in [0.25, 0.3) is 0 Å². The Bertz CT molecular complexity index is 496. The molecule has 2 atom stereocenters. The molecule has 1 nitrogen and oxygen atoms in total. The molecule has 1 aromatic carbocycles. The maximum atomic E-state index is 14.6. The third kappa shape index (κ3) is 3.28. The van der Waals surface area contributed by atoms with Crippen molar-refractivity contribution in [1.29, 1.82) is 0 Å². The summed E-state index contributed by atoms with van der Waals surface area (Å²) in [5.41, 5.74) is 0.855. The van der Waals surface area contributed by atoms with E-state index in [0.29, 0.717) is 12.1 Å². The predicted octanol–water partition coefficient (Wildman–Crippen LogP) is 5.14. The number of aryl methyl sites for hydroxylation is 1. The fraction of sp³-hybridized carbons (Fsp3) is 0.667. The van der Waals surface area contributed by atoms with E-state index in [1.807, 2.05) is 6.92 Å². The summed E-state index contributed by atoms with van der Waals surface area (Å²) >= 11 is 0. The van der Waals surface area contributed by atoms with Crippen molar-refractivity contribution in [1.82, 2.24) is 5.32 Å². The number of halogens is 2. The molecule has 0 amide bonds. The van der Waals surface area contributed by atoms with Gasteiger partial charge in [-0.05, 0) is 49.3 Å². The minimum atomic E-state index is -0.426. The zero-order valence-corrected chi connectivity index (χ0v) is 13.6. The maximum Gasteiger partial charge on any atom is 0.133 e. The Kier molecular flexibility index (Phi) is 5.03. The molecule has 2 unspecified atom stereocenters. The van der Waals surface area contributed by atoms with Gasteiger partial charge in [-0.3, -0.25) is 0 Å². The lowest BCUT2D eigenvalue weighted by Gasteiger charge is -2.44. The van der Waals surface area contributed by atoms with Crippen LogP contribution in [0.4, 0.5) is 8.78 Å². The highest BCUT2D eigenvalue weighted by Crippen LogP contribution is 2.47. The van der Waals surface area contributed by atoms with E-state index in [1.165, 1.54) is 18.6 Å². The molecule has 1 aromatic rings. The van der Waals surface area contributed by atoms with Gasteiger partial charge in [0.25, 0.3) is 0 Å². The minimum Gasteiger partial charge on any atom is -0.310 e. The third-order valence-corrected chi connectivity index (χ3v) is 5.05. The second kappa shape index (κ2) is 6.43. The van der Waals surface area contributed by atoms with Gasteiger partial charge in [-0.15, -0.1) is 0 Å². The van der Waals surface area contributed by atoms with Gasteiger partial charge < -0.3 is 5.32 Å². The number of hydrogen-bond acceptors (Lipinski definition) is 1. The lowest BCUT2D eigenvalue weighted by atomic mass is 9.64. The van der Waals surface area contributed by atoms with E-state index < -0.39 is 5.82 Å². The molecule has 0 radical (unpaired) electrons. The summed E-state index contributed by atoms with van der Waals surface area (Å²) in [7, 11) is 0. The summed E-state index contributed by atoms with van der Waals surface area (Å²) in [5.74, 6) is -0.551. The summed E-state index contributed by atoms with van der Waals surface area (Å²) in [4.78, 5) is 0. The molecule has 2 rings (SSSR count). The van der Waals surface area contributed by atoms with Crippen LogP contribution in [0.15, 0.2) is 12.1 Å². The second-order valence-corrected chi connectivity index (χ2v) is 6.97. The summed E-state index contributed by atoms with van der Waals surface area (Å²) in [6, 6.07) is 2.67. The van der Waals surface area contributed by atoms with E-state index in [2.05, 4.69) is 19.2 Å². The summed E-state index contributed by atoms with van der Waals surface area (Å²) in [6.45, 7) is 8.87. The molecule has 21 heavy (non-hydrogen) atoms. The molecule has 1 N–H and O–H groups in total. The van der Waals surface area contributed by atoms with Crippen LogP contribution >= 0.6 is 0 Å². The van der Waals surface area contributed by atoms with Crippen molar-refractivity contribution in [2.24, 2.45) is 11.3 Å². The molecule has 118 valence electrons. The van der Waals surface area contributed by atoms with E-state index in [-0.39, 0.29) is 28.8 Å². The minimum absolute atomic E-state index is 0.105. The van der Waals surface area contributed by atoms with Gasteiger partial charge in [0.2, 0.25) is 0 Å². The molecule has 1 saturated carbocycles. The molecule has 3 heteroatoms. The second-order valence-electron chi connectivity index (χ2n) is 6.97. The van der Waals surface area contributed by atoms with Crippen LogP contribution in [0.5, 0.6) is 0 Å². The fourth-order valence-corrected chi connectivity index (χ4v) is 3.77. The molecule has 1 aliphatic rings.